The van der Waals surface area contributed by atoms with Gasteiger partial charge in [-0.3, -0.25) is 19.7 Å². The molecule has 4 heterocycles. The molecule has 0 saturated carbocycles. The Kier molecular flexibility index (Phi) is 3.50. The summed E-state index contributed by atoms with van der Waals surface area (Å²) < 4.78 is 2.78. The monoisotopic (exact) mass is 334 g/mol. The van der Waals surface area contributed by atoms with E-state index in [0.29, 0.717) is 23.1 Å². The summed E-state index contributed by atoms with van der Waals surface area (Å²) in [5.74, 6) is 0.229. The first-order valence-electron chi connectivity index (χ1n) is 7.67. The Morgan fingerprint density at radius 2 is 1.80 bits per heavy atom. The number of pyridine rings is 2. The fraction of sp³-hybridized carbons (Fsp3) is 0.118. The molecule has 25 heavy (non-hydrogen) atoms. The first-order valence-corrected chi connectivity index (χ1v) is 7.67. The van der Waals surface area contributed by atoms with Gasteiger partial charge in [-0.1, -0.05) is 6.07 Å². The number of nitrogens with zero attached hydrogens (tertiary/aromatic N) is 5. The van der Waals surface area contributed by atoms with Crippen LogP contribution in [0.5, 0.6) is 0 Å². The predicted molar refractivity (Wildman–Crippen MR) is 91.8 cm³/mol. The SMILES string of the molecule is Cc1c2c(=O)n(-c3ncccn3)[nH]c2cc(=O)n1Cc1ccccn1. The Bertz CT molecular complexity index is 1160. The number of aryl methyl sites for hydroxylation is 1. The van der Waals surface area contributed by atoms with Crippen molar-refractivity contribution in [3.05, 3.63) is 81.0 Å². The van der Waals surface area contributed by atoms with E-state index in [2.05, 4.69) is 20.1 Å². The maximum absolute atomic E-state index is 12.8. The molecule has 124 valence electrons. The largest absolute Gasteiger partial charge is 0.306 e. The molecule has 0 aliphatic heterocycles. The molecule has 0 amide bonds. The first-order chi connectivity index (χ1) is 12.1. The van der Waals surface area contributed by atoms with Gasteiger partial charge in [0.2, 0.25) is 0 Å². The zero-order valence-electron chi connectivity index (χ0n) is 13.4. The first kappa shape index (κ1) is 15.0. The minimum Gasteiger partial charge on any atom is -0.306 e. The number of aromatic nitrogens is 6. The number of hydrogen-bond donors (Lipinski definition) is 1. The van der Waals surface area contributed by atoms with Crippen LogP contribution in [-0.2, 0) is 6.54 Å². The van der Waals surface area contributed by atoms with Gasteiger partial charge >= 0.3 is 0 Å². The molecule has 0 bridgehead atoms. The molecule has 0 aromatic carbocycles. The van der Waals surface area contributed by atoms with Crippen LogP contribution in [0.3, 0.4) is 0 Å². The Morgan fingerprint density at radius 3 is 2.52 bits per heavy atom. The summed E-state index contributed by atoms with van der Waals surface area (Å²) in [6.45, 7) is 2.05. The molecular weight excluding hydrogens is 320 g/mol. The molecule has 0 unspecified atom stereocenters. The number of rotatable bonds is 3. The van der Waals surface area contributed by atoms with Crippen LogP contribution >= 0.6 is 0 Å². The van der Waals surface area contributed by atoms with E-state index in [-0.39, 0.29) is 17.1 Å². The predicted octanol–water partition coefficient (Wildman–Crippen LogP) is 1.02. The molecule has 0 saturated heterocycles. The lowest BCUT2D eigenvalue weighted by molar-refractivity contribution is 0.720. The third-order valence-corrected chi connectivity index (χ3v) is 4.02. The van der Waals surface area contributed by atoms with E-state index in [9.17, 15) is 9.59 Å². The maximum atomic E-state index is 12.8. The molecule has 0 spiro atoms. The van der Waals surface area contributed by atoms with Gasteiger partial charge in [0.1, 0.15) is 0 Å². The summed E-state index contributed by atoms with van der Waals surface area (Å²) in [6.07, 6.45) is 4.77. The quantitative estimate of drug-likeness (QED) is 0.603. The lowest BCUT2D eigenvalue weighted by atomic mass is 10.2. The van der Waals surface area contributed by atoms with Gasteiger partial charge in [-0.25, -0.2) is 9.97 Å². The van der Waals surface area contributed by atoms with Gasteiger partial charge in [-0.15, -0.1) is 0 Å². The number of H-pyrrole nitrogens is 1. The molecule has 1 N–H and O–H groups in total. The van der Waals surface area contributed by atoms with Crippen molar-refractivity contribution in [3.8, 4) is 5.95 Å². The van der Waals surface area contributed by atoms with E-state index >= 15 is 0 Å². The standard InChI is InChI=1S/C17H14N6O2/c1-11-15-13(21-23(16(15)25)17-19-7-4-8-20-17)9-14(24)22(11)10-12-5-2-3-6-18-12/h2-9,21H,10H2,1H3. The highest BCUT2D eigenvalue weighted by Gasteiger charge is 2.16. The second kappa shape index (κ2) is 5.82. The van der Waals surface area contributed by atoms with Crippen molar-refractivity contribution in [2.24, 2.45) is 0 Å². The van der Waals surface area contributed by atoms with Crippen molar-refractivity contribution in [2.45, 2.75) is 13.5 Å². The Balaban J connectivity index is 1.92. The van der Waals surface area contributed by atoms with E-state index in [1.54, 1.807) is 31.6 Å². The second-order valence-electron chi connectivity index (χ2n) is 5.57. The van der Waals surface area contributed by atoms with E-state index in [4.69, 9.17) is 0 Å². The van der Waals surface area contributed by atoms with Crippen molar-refractivity contribution in [1.29, 1.82) is 0 Å². The van der Waals surface area contributed by atoms with Crippen LogP contribution in [0, 0.1) is 6.92 Å². The number of fused-ring (bicyclic) bond motifs is 1. The molecule has 4 rings (SSSR count). The minimum atomic E-state index is -0.298. The summed E-state index contributed by atoms with van der Waals surface area (Å²) in [7, 11) is 0. The normalized spacial score (nSPS) is 11.1. The molecule has 0 radical (unpaired) electrons. The second-order valence-corrected chi connectivity index (χ2v) is 5.57. The molecule has 0 aliphatic rings. The van der Waals surface area contributed by atoms with Gasteiger partial charge in [0.25, 0.3) is 17.1 Å². The number of nitrogens with one attached hydrogen (secondary N) is 1. The Hall–Kier alpha value is -3.55. The highest BCUT2D eigenvalue weighted by atomic mass is 16.1. The summed E-state index contributed by atoms with van der Waals surface area (Å²) >= 11 is 0. The molecule has 8 nitrogen and oxygen atoms in total. The highest BCUT2D eigenvalue weighted by Crippen LogP contribution is 2.12. The van der Waals surface area contributed by atoms with Gasteiger partial charge in [-0.05, 0) is 25.1 Å². The fourth-order valence-corrected chi connectivity index (χ4v) is 2.81. The molecule has 0 aliphatic carbocycles. The van der Waals surface area contributed by atoms with Crippen molar-refractivity contribution in [2.75, 3.05) is 0 Å². The summed E-state index contributed by atoms with van der Waals surface area (Å²) in [5, 5.41) is 3.34. The molecule has 4 aromatic rings. The Morgan fingerprint density at radius 1 is 1.04 bits per heavy atom. The maximum Gasteiger partial charge on any atom is 0.283 e. The third-order valence-electron chi connectivity index (χ3n) is 4.02. The molecular formula is C17H14N6O2. The van der Waals surface area contributed by atoms with Crippen molar-refractivity contribution in [1.82, 2.24) is 29.3 Å². The highest BCUT2D eigenvalue weighted by molar-refractivity contribution is 5.80. The van der Waals surface area contributed by atoms with E-state index in [0.717, 1.165) is 5.69 Å². The van der Waals surface area contributed by atoms with Gasteiger partial charge in [-0.2, -0.15) is 4.68 Å². The zero-order valence-corrected chi connectivity index (χ0v) is 13.4. The van der Waals surface area contributed by atoms with Crippen LogP contribution in [0.2, 0.25) is 0 Å². The molecule has 0 atom stereocenters. The Labute approximate surface area is 141 Å². The van der Waals surface area contributed by atoms with Crippen molar-refractivity contribution in [3.63, 3.8) is 0 Å². The van der Waals surface area contributed by atoms with Crippen LogP contribution < -0.4 is 11.1 Å². The average molecular weight is 334 g/mol. The smallest absolute Gasteiger partial charge is 0.283 e. The number of hydrogen-bond acceptors (Lipinski definition) is 5. The third kappa shape index (κ3) is 2.53. The lowest BCUT2D eigenvalue weighted by Gasteiger charge is -2.09. The van der Waals surface area contributed by atoms with E-state index in [1.807, 2.05) is 18.2 Å². The zero-order chi connectivity index (χ0) is 17.4. The molecule has 4 aromatic heterocycles. The topological polar surface area (TPSA) is 98.5 Å². The van der Waals surface area contributed by atoms with Crippen LogP contribution in [0.25, 0.3) is 16.9 Å². The van der Waals surface area contributed by atoms with Crippen molar-refractivity contribution < 1.29 is 0 Å². The number of aromatic amines is 1. The van der Waals surface area contributed by atoms with Crippen LogP contribution in [-0.4, -0.2) is 29.3 Å². The average Bonchev–Trinajstić information content (AvgIpc) is 2.96. The summed E-state index contributed by atoms with van der Waals surface area (Å²) in [5.41, 5.74) is 1.27. The van der Waals surface area contributed by atoms with Gasteiger partial charge in [0, 0.05) is 30.4 Å². The van der Waals surface area contributed by atoms with Crippen molar-refractivity contribution >= 4 is 10.9 Å². The lowest BCUT2D eigenvalue weighted by Crippen LogP contribution is -2.24. The molecule has 8 heteroatoms. The van der Waals surface area contributed by atoms with Crippen LogP contribution in [0.1, 0.15) is 11.4 Å². The van der Waals surface area contributed by atoms with Gasteiger partial charge in [0.15, 0.2) is 0 Å². The van der Waals surface area contributed by atoms with E-state index < -0.39 is 0 Å². The van der Waals surface area contributed by atoms with Crippen LogP contribution in [0.4, 0.5) is 0 Å². The fourth-order valence-electron chi connectivity index (χ4n) is 2.81. The van der Waals surface area contributed by atoms with Gasteiger partial charge < -0.3 is 4.57 Å². The van der Waals surface area contributed by atoms with Gasteiger partial charge in [0.05, 0.1) is 23.1 Å². The molecule has 0 fully saturated rings. The summed E-state index contributed by atoms with van der Waals surface area (Å²) in [6, 6.07) is 8.58. The van der Waals surface area contributed by atoms with E-state index in [1.165, 1.54) is 15.3 Å². The van der Waals surface area contributed by atoms with Crippen LogP contribution in [0.15, 0.2) is 58.5 Å². The minimum absolute atomic E-state index is 0.210. The summed E-state index contributed by atoms with van der Waals surface area (Å²) in [4.78, 5) is 37.7.